The molecule has 1 fully saturated rings. The summed E-state index contributed by atoms with van der Waals surface area (Å²) in [5.41, 5.74) is 0. The Bertz CT molecular complexity index is 412. The van der Waals surface area contributed by atoms with Crippen molar-refractivity contribution in [1.29, 1.82) is 0 Å². The minimum atomic E-state index is -3.63. The van der Waals surface area contributed by atoms with Crippen LogP contribution < -0.4 is 0 Å². The lowest BCUT2D eigenvalue weighted by atomic mass is 9.95. The molecule has 1 aliphatic carbocycles. The fraction of sp³-hybridized carbons (Fsp3) is 0.923. The van der Waals surface area contributed by atoms with Crippen molar-refractivity contribution < 1.29 is 22.1 Å². The maximum atomic E-state index is 11.7. The highest BCUT2D eigenvalue weighted by Gasteiger charge is 2.29. The maximum Gasteiger partial charge on any atom is 0.338 e. The first-order valence-electron chi connectivity index (χ1n) is 7.07. The smallest absolute Gasteiger partial charge is 0.338 e. The summed E-state index contributed by atoms with van der Waals surface area (Å²) in [5.74, 6) is -0.254. The molecule has 1 rings (SSSR count). The van der Waals surface area contributed by atoms with Gasteiger partial charge in [0.15, 0.2) is 0 Å². The first kappa shape index (κ1) is 17.4. The Morgan fingerprint density at radius 2 is 1.70 bits per heavy atom. The third-order valence-corrected chi connectivity index (χ3v) is 5.03. The summed E-state index contributed by atoms with van der Waals surface area (Å²) in [6, 6.07) is 0. The van der Waals surface area contributed by atoms with Gasteiger partial charge in [-0.2, -0.15) is 12.7 Å². The fourth-order valence-electron chi connectivity index (χ4n) is 1.95. The van der Waals surface area contributed by atoms with E-state index >= 15 is 0 Å². The van der Waals surface area contributed by atoms with Crippen molar-refractivity contribution in [3.05, 3.63) is 0 Å². The Labute approximate surface area is 121 Å². The number of hydrogen-bond acceptors (Lipinski definition) is 5. The van der Waals surface area contributed by atoms with Crippen LogP contribution in [0.25, 0.3) is 0 Å². The van der Waals surface area contributed by atoms with Gasteiger partial charge in [0.05, 0.1) is 12.0 Å². The van der Waals surface area contributed by atoms with Crippen LogP contribution in [0.2, 0.25) is 0 Å². The Morgan fingerprint density at radius 3 is 2.15 bits per heavy atom. The number of esters is 1. The van der Waals surface area contributed by atoms with Crippen LogP contribution in [0.1, 0.15) is 46.0 Å². The normalized spacial score (nSPS) is 25.4. The molecule has 7 heteroatoms. The summed E-state index contributed by atoms with van der Waals surface area (Å²) >= 11 is 0. The molecule has 1 saturated carbocycles. The largest absolute Gasteiger partial charge is 0.462 e. The second-order valence-corrected chi connectivity index (χ2v) is 7.26. The highest BCUT2D eigenvalue weighted by Crippen LogP contribution is 2.26. The fourth-order valence-corrected chi connectivity index (χ4v) is 2.66. The van der Waals surface area contributed by atoms with Gasteiger partial charge >= 0.3 is 16.3 Å². The van der Waals surface area contributed by atoms with E-state index in [1.54, 1.807) is 0 Å². The SMILES string of the molecule is CCC(C)C(=O)OC1CCC(OS(=O)(=O)N(C)C)CC1. The molecule has 1 atom stereocenters. The van der Waals surface area contributed by atoms with E-state index in [-0.39, 0.29) is 24.1 Å². The van der Waals surface area contributed by atoms with Crippen molar-refractivity contribution in [2.24, 2.45) is 5.92 Å². The molecule has 20 heavy (non-hydrogen) atoms. The summed E-state index contributed by atoms with van der Waals surface area (Å²) < 4.78 is 34.8. The lowest BCUT2D eigenvalue weighted by Gasteiger charge is -2.29. The average Bonchev–Trinajstić information content (AvgIpc) is 2.39. The van der Waals surface area contributed by atoms with Crippen LogP contribution in [-0.2, 0) is 24.0 Å². The molecule has 0 saturated heterocycles. The van der Waals surface area contributed by atoms with E-state index in [9.17, 15) is 13.2 Å². The van der Waals surface area contributed by atoms with Crippen molar-refractivity contribution in [2.45, 2.75) is 58.2 Å². The summed E-state index contributed by atoms with van der Waals surface area (Å²) in [5, 5.41) is 0. The zero-order chi connectivity index (χ0) is 15.3. The van der Waals surface area contributed by atoms with Gasteiger partial charge in [-0.3, -0.25) is 8.98 Å². The first-order valence-corrected chi connectivity index (χ1v) is 8.44. The number of nitrogens with zero attached hydrogens (tertiary/aromatic N) is 1. The van der Waals surface area contributed by atoms with E-state index in [1.165, 1.54) is 14.1 Å². The quantitative estimate of drug-likeness (QED) is 0.698. The molecule has 0 amide bonds. The second-order valence-electron chi connectivity index (χ2n) is 5.48. The van der Waals surface area contributed by atoms with E-state index in [0.29, 0.717) is 25.7 Å². The topological polar surface area (TPSA) is 72.9 Å². The molecule has 0 spiro atoms. The van der Waals surface area contributed by atoms with Crippen LogP contribution in [0.3, 0.4) is 0 Å². The Kier molecular flexibility index (Phi) is 6.42. The predicted molar refractivity (Wildman–Crippen MR) is 75.3 cm³/mol. The van der Waals surface area contributed by atoms with E-state index < -0.39 is 10.3 Å². The molecule has 0 N–H and O–H groups in total. The van der Waals surface area contributed by atoms with Crippen LogP contribution in [0.5, 0.6) is 0 Å². The van der Waals surface area contributed by atoms with Crippen molar-refractivity contribution in [3.63, 3.8) is 0 Å². The molecule has 118 valence electrons. The van der Waals surface area contributed by atoms with Crippen molar-refractivity contribution in [2.75, 3.05) is 14.1 Å². The van der Waals surface area contributed by atoms with E-state index in [2.05, 4.69) is 0 Å². The van der Waals surface area contributed by atoms with Crippen molar-refractivity contribution in [1.82, 2.24) is 4.31 Å². The highest BCUT2D eigenvalue weighted by molar-refractivity contribution is 7.84. The zero-order valence-electron chi connectivity index (χ0n) is 12.7. The molecule has 0 aliphatic heterocycles. The molecule has 0 radical (unpaired) electrons. The van der Waals surface area contributed by atoms with Gasteiger partial charge in [0.1, 0.15) is 6.10 Å². The summed E-state index contributed by atoms with van der Waals surface area (Å²) in [6.07, 6.45) is 2.81. The van der Waals surface area contributed by atoms with Crippen molar-refractivity contribution >= 4 is 16.3 Å². The van der Waals surface area contributed by atoms with E-state index in [4.69, 9.17) is 8.92 Å². The molecule has 6 nitrogen and oxygen atoms in total. The zero-order valence-corrected chi connectivity index (χ0v) is 13.5. The molecule has 1 aliphatic rings. The predicted octanol–water partition coefficient (Wildman–Crippen LogP) is 1.71. The number of carbonyl (C=O) groups is 1. The first-order chi connectivity index (χ1) is 9.26. The lowest BCUT2D eigenvalue weighted by Crippen LogP contribution is -2.34. The molecular weight excluding hydrogens is 282 g/mol. The number of carbonyl (C=O) groups excluding carboxylic acids is 1. The number of ether oxygens (including phenoxy) is 1. The standard InChI is InChI=1S/C13H25NO5S/c1-5-10(2)13(15)18-11-6-8-12(9-7-11)19-20(16,17)14(3)4/h10-12H,5-9H2,1-4H3. The molecule has 1 unspecified atom stereocenters. The minimum Gasteiger partial charge on any atom is -0.462 e. The molecule has 0 aromatic heterocycles. The minimum absolute atomic E-state index is 0.0851. The van der Waals surface area contributed by atoms with Gasteiger partial charge in [-0.15, -0.1) is 0 Å². The number of rotatable bonds is 6. The van der Waals surface area contributed by atoms with Gasteiger partial charge in [-0.05, 0) is 32.1 Å². The van der Waals surface area contributed by atoms with Crippen LogP contribution in [0.15, 0.2) is 0 Å². The second kappa shape index (κ2) is 7.38. The monoisotopic (exact) mass is 307 g/mol. The molecule has 0 heterocycles. The van der Waals surface area contributed by atoms with Gasteiger partial charge in [0.25, 0.3) is 0 Å². The third-order valence-electron chi connectivity index (χ3n) is 3.62. The molecular formula is C13H25NO5S. The Balaban J connectivity index is 2.39. The van der Waals surface area contributed by atoms with Crippen LogP contribution >= 0.6 is 0 Å². The Hall–Kier alpha value is -0.660. The van der Waals surface area contributed by atoms with Gasteiger partial charge < -0.3 is 4.74 Å². The summed E-state index contributed by atoms with van der Waals surface area (Å²) in [7, 11) is -0.751. The van der Waals surface area contributed by atoms with Gasteiger partial charge in [-0.25, -0.2) is 0 Å². The van der Waals surface area contributed by atoms with Crippen molar-refractivity contribution in [3.8, 4) is 0 Å². The molecule has 0 aromatic carbocycles. The average molecular weight is 307 g/mol. The summed E-state index contributed by atoms with van der Waals surface area (Å²) in [6.45, 7) is 3.80. The molecule has 0 bridgehead atoms. The molecule has 0 aromatic rings. The van der Waals surface area contributed by atoms with Crippen LogP contribution in [-0.4, -0.2) is 45.0 Å². The van der Waals surface area contributed by atoms with E-state index in [0.717, 1.165) is 10.7 Å². The van der Waals surface area contributed by atoms with Crippen LogP contribution in [0.4, 0.5) is 0 Å². The van der Waals surface area contributed by atoms with Gasteiger partial charge in [0, 0.05) is 14.1 Å². The van der Waals surface area contributed by atoms with Crippen LogP contribution in [0, 0.1) is 5.92 Å². The Morgan fingerprint density at radius 1 is 1.20 bits per heavy atom. The third kappa shape index (κ3) is 5.03. The number of hydrogen-bond donors (Lipinski definition) is 0. The van der Waals surface area contributed by atoms with Gasteiger partial charge in [-0.1, -0.05) is 13.8 Å². The lowest BCUT2D eigenvalue weighted by molar-refractivity contribution is -0.155. The maximum absolute atomic E-state index is 11.7. The highest BCUT2D eigenvalue weighted by atomic mass is 32.2. The van der Waals surface area contributed by atoms with Gasteiger partial charge in [0.2, 0.25) is 0 Å². The summed E-state index contributed by atoms with van der Waals surface area (Å²) in [4.78, 5) is 11.7. The van der Waals surface area contributed by atoms with E-state index in [1.807, 2.05) is 13.8 Å².